The summed E-state index contributed by atoms with van der Waals surface area (Å²) in [5, 5.41) is 0.411. The van der Waals surface area contributed by atoms with E-state index in [0.717, 1.165) is 0 Å². The van der Waals surface area contributed by atoms with E-state index < -0.39 is 15.9 Å². The molecule has 0 aliphatic rings. The molecule has 0 aliphatic carbocycles. The maximum Gasteiger partial charge on any atom is 0.284 e. The molecule has 0 bridgehead atoms. The molecule has 9 heteroatoms. The van der Waals surface area contributed by atoms with E-state index in [1.54, 1.807) is 30.3 Å². The van der Waals surface area contributed by atoms with Gasteiger partial charge in [-0.2, -0.15) is 8.42 Å². The van der Waals surface area contributed by atoms with E-state index in [0.29, 0.717) is 16.1 Å². The number of hydrogen-bond acceptors (Lipinski definition) is 4. The van der Waals surface area contributed by atoms with Gasteiger partial charge in [-0.05, 0) is 36.4 Å². The normalized spacial score (nSPS) is 11.7. The van der Waals surface area contributed by atoms with Crippen LogP contribution in [0.5, 0.6) is 0 Å². The van der Waals surface area contributed by atoms with Crippen molar-refractivity contribution in [2.75, 3.05) is 0 Å². The molecule has 0 atom stereocenters. The molecular formula is C19H15ClN4O3S. The topological polar surface area (TPSA) is 101 Å². The second-order valence-electron chi connectivity index (χ2n) is 5.55. The van der Waals surface area contributed by atoms with Gasteiger partial charge in [0, 0.05) is 28.5 Å². The molecule has 1 amide bonds. The predicted molar refractivity (Wildman–Crippen MR) is 106 cm³/mol. The molecule has 2 N–H and O–H groups in total. The number of nitrogens with zero attached hydrogens (tertiary/aromatic N) is 2. The Bertz CT molecular complexity index is 1090. The second-order valence-corrected chi connectivity index (χ2v) is 7.59. The highest BCUT2D eigenvalue weighted by Crippen LogP contribution is 2.17. The number of amides is 1. The van der Waals surface area contributed by atoms with Crippen molar-refractivity contribution in [1.29, 1.82) is 0 Å². The minimum atomic E-state index is -4.03. The zero-order valence-electron chi connectivity index (χ0n) is 14.4. The average molecular weight is 415 g/mol. The van der Waals surface area contributed by atoms with Crippen LogP contribution in [0.2, 0.25) is 5.02 Å². The van der Waals surface area contributed by atoms with Gasteiger partial charge in [-0.15, -0.1) is 4.40 Å². The van der Waals surface area contributed by atoms with Crippen LogP contribution in [0, 0.1) is 0 Å². The predicted octanol–water partition coefficient (Wildman–Crippen LogP) is 2.81. The lowest BCUT2D eigenvalue weighted by molar-refractivity contribution is 0.0944. The van der Waals surface area contributed by atoms with Crippen molar-refractivity contribution in [2.24, 2.45) is 4.40 Å². The average Bonchev–Trinajstić information content (AvgIpc) is 2.72. The lowest BCUT2D eigenvalue weighted by atomic mass is 10.2. The highest BCUT2D eigenvalue weighted by molar-refractivity contribution is 7.90. The summed E-state index contributed by atoms with van der Waals surface area (Å²) in [6.45, 7) is 0. The number of aromatic nitrogens is 1. The van der Waals surface area contributed by atoms with Gasteiger partial charge in [0.2, 0.25) is 0 Å². The van der Waals surface area contributed by atoms with Gasteiger partial charge in [0.1, 0.15) is 0 Å². The highest BCUT2D eigenvalue weighted by atomic mass is 35.5. The Morgan fingerprint density at radius 3 is 2.14 bits per heavy atom. The first kappa shape index (κ1) is 19.5. The molecule has 1 aromatic heterocycles. The maximum atomic E-state index is 12.7. The molecule has 7 nitrogen and oxygen atoms in total. The van der Waals surface area contributed by atoms with Crippen molar-refractivity contribution >= 4 is 33.4 Å². The number of hydrogen-bond donors (Lipinski definition) is 2. The van der Waals surface area contributed by atoms with Crippen molar-refractivity contribution < 1.29 is 13.2 Å². The van der Waals surface area contributed by atoms with Crippen LogP contribution in [0.3, 0.4) is 0 Å². The molecule has 0 saturated heterocycles. The van der Waals surface area contributed by atoms with E-state index >= 15 is 0 Å². The first-order valence-electron chi connectivity index (χ1n) is 8.08. The number of nitrogens with one attached hydrogen (secondary N) is 2. The van der Waals surface area contributed by atoms with Crippen LogP contribution in [0.1, 0.15) is 15.9 Å². The van der Waals surface area contributed by atoms with Gasteiger partial charge in [0.25, 0.3) is 15.9 Å². The van der Waals surface area contributed by atoms with Gasteiger partial charge >= 0.3 is 0 Å². The lowest BCUT2D eigenvalue weighted by Crippen LogP contribution is -2.42. The molecule has 3 rings (SSSR count). The molecule has 0 aliphatic heterocycles. The minimum Gasteiger partial charge on any atom is -0.280 e. The van der Waals surface area contributed by atoms with E-state index in [2.05, 4.69) is 20.2 Å². The molecule has 142 valence electrons. The summed E-state index contributed by atoms with van der Waals surface area (Å²) in [6.07, 6.45) is 2.96. The summed E-state index contributed by atoms with van der Waals surface area (Å²) in [6, 6.07) is 17.3. The third kappa shape index (κ3) is 4.93. The number of benzene rings is 2. The summed E-state index contributed by atoms with van der Waals surface area (Å²) in [5.41, 5.74) is 5.88. The molecule has 3 aromatic rings. The van der Waals surface area contributed by atoms with Gasteiger partial charge in [-0.3, -0.25) is 20.6 Å². The minimum absolute atomic E-state index is 0.0207. The van der Waals surface area contributed by atoms with Crippen molar-refractivity contribution in [2.45, 2.75) is 4.90 Å². The third-order valence-electron chi connectivity index (χ3n) is 3.61. The Labute approximate surface area is 167 Å². The smallest absolute Gasteiger partial charge is 0.280 e. The highest BCUT2D eigenvalue weighted by Gasteiger charge is 2.16. The van der Waals surface area contributed by atoms with Crippen LogP contribution in [-0.2, 0) is 10.0 Å². The SMILES string of the molecule is O=C(NN/C(=N\S(=O)(=O)c1ccc(Cl)cc1)c1ccccc1)c1ccncc1. The number of carbonyl (C=O) groups is 1. The molecule has 0 radical (unpaired) electrons. The monoisotopic (exact) mass is 414 g/mol. The van der Waals surface area contributed by atoms with Crippen LogP contribution >= 0.6 is 11.6 Å². The molecule has 28 heavy (non-hydrogen) atoms. The Kier molecular flexibility index (Phi) is 6.03. The Morgan fingerprint density at radius 2 is 1.50 bits per heavy atom. The van der Waals surface area contributed by atoms with Crippen molar-refractivity contribution in [3.05, 3.63) is 95.3 Å². The molecular weight excluding hydrogens is 400 g/mol. The summed E-state index contributed by atoms with van der Waals surface area (Å²) in [5.74, 6) is -0.493. The molecule has 0 fully saturated rings. The number of amidine groups is 1. The Balaban J connectivity index is 1.90. The fraction of sp³-hybridized carbons (Fsp3) is 0. The Morgan fingerprint density at radius 1 is 0.857 bits per heavy atom. The number of sulfonamides is 1. The third-order valence-corrected chi connectivity index (χ3v) is 5.15. The van der Waals surface area contributed by atoms with Crippen LogP contribution < -0.4 is 10.9 Å². The zero-order chi connectivity index (χ0) is 20.0. The van der Waals surface area contributed by atoms with E-state index in [-0.39, 0.29) is 10.7 Å². The maximum absolute atomic E-state index is 12.7. The quantitative estimate of drug-likeness (QED) is 0.388. The van der Waals surface area contributed by atoms with Crippen LogP contribution in [0.4, 0.5) is 0 Å². The standard InChI is InChI=1S/C19H15ClN4O3S/c20-16-6-8-17(9-7-16)28(26,27)24-18(14-4-2-1-3-5-14)22-23-19(25)15-10-12-21-13-11-15/h1-13H,(H,22,24)(H,23,25). The van der Waals surface area contributed by atoms with E-state index in [9.17, 15) is 13.2 Å². The second kappa shape index (κ2) is 8.64. The fourth-order valence-corrected chi connectivity index (χ4v) is 3.32. The van der Waals surface area contributed by atoms with E-state index in [4.69, 9.17) is 11.6 Å². The van der Waals surface area contributed by atoms with Gasteiger partial charge in [-0.1, -0.05) is 41.9 Å². The van der Waals surface area contributed by atoms with E-state index in [1.165, 1.54) is 48.8 Å². The van der Waals surface area contributed by atoms with Crippen LogP contribution in [0.25, 0.3) is 0 Å². The number of hydrazine groups is 1. The molecule has 0 spiro atoms. The molecule has 2 aromatic carbocycles. The number of pyridine rings is 1. The Hall–Kier alpha value is -3.23. The van der Waals surface area contributed by atoms with E-state index in [1.807, 2.05) is 0 Å². The van der Waals surface area contributed by atoms with Gasteiger partial charge in [0.15, 0.2) is 5.84 Å². The number of rotatable bonds is 4. The number of halogens is 1. The summed E-state index contributed by atoms with van der Waals surface area (Å²) in [7, 11) is -4.03. The van der Waals surface area contributed by atoms with Crippen LogP contribution in [0.15, 0.2) is 88.4 Å². The fourth-order valence-electron chi connectivity index (χ4n) is 2.21. The van der Waals surface area contributed by atoms with Crippen LogP contribution in [-0.4, -0.2) is 25.1 Å². The molecule has 0 saturated carbocycles. The van der Waals surface area contributed by atoms with Crippen molar-refractivity contribution in [3.8, 4) is 0 Å². The summed E-state index contributed by atoms with van der Waals surface area (Å²) >= 11 is 5.81. The molecule has 0 unspecified atom stereocenters. The van der Waals surface area contributed by atoms with Gasteiger partial charge < -0.3 is 0 Å². The largest absolute Gasteiger partial charge is 0.284 e. The first-order valence-corrected chi connectivity index (χ1v) is 9.90. The van der Waals surface area contributed by atoms with Crippen molar-refractivity contribution in [3.63, 3.8) is 0 Å². The number of carbonyl (C=O) groups excluding carboxylic acids is 1. The summed E-state index contributed by atoms with van der Waals surface area (Å²) < 4.78 is 29.2. The van der Waals surface area contributed by atoms with Crippen molar-refractivity contribution in [1.82, 2.24) is 15.8 Å². The van der Waals surface area contributed by atoms with Gasteiger partial charge in [-0.25, -0.2) is 0 Å². The molecule has 1 heterocycles. The zero-order valence-corrected chi connectivity index (χ0v) is 16.0. The van der Waals surface area contributed by atoms with Gasteiger partial charge in [0.05, 0.1) is 4.90 Å². The lowest BCUT2D eigenvalue weighted by Gasteiger charge is -2.12. The first-order chi connectivity index (χ1) is 13.5. The summed E-state index contributed by atoms with van der Waals surface area (Å²) in [4.78, 5) is 16.1.